The van der Waals surface area contributed by atoms with Crippen LogP contribution in [-0.4, -0.2) is 37.7 Å². The summed E-state index contributed by atoms with van der Waals surface area (Å²) < 4.78 is 39.4. The largest absolute Gasteiger partial charge is 0.411 e. The van der Waals surface area contributed by atoms with Crippen molar-refractivity contribution >= 4 is 29.1 Å². The van der Waals surface area contributed by atoms with Crippen LogP contribution in [0.1, 0.15) is 0 Å². The Labute approximate surface area is 123 Å². The summed E-state index contributed by atoms with van der Waals surface area (Å²) in [6.45, 7) is -2.66. The molecule has 0 aliphatic carbocycles. The van der Waals surface area contributed by atoms with E-state index >= 15 is 0 Å². The van der Waals surface area contributed by atoms with Crippen molar-refractivity contribution in [3.05, 3.63) is 29.3 Å². The fourth-order valence-electron chi connectivity index (χ4n) is 1.23. The molecule has 0 fully saturated rings. The van der Waals surface area contributed by atoms with Crippen LogP contribution >= 0.6 is 11.6 Å². The van der Waals surface area contributed by atoms with Crippen molar-refractivity contribution in [2.75, 3.05) is 25.1 Å². The second-order valence-corrected chi connectivity index (χ2v) is 4.38. The van der Waals surface area contributed by atoms with Gasteiger partial charge in [-0.3, -0.25) is 9.59 Å². The van der Waals surface area contributed by atoms with Gasteiger partial charge in [-0.2, -0.15) is 13.2 Å². The topological polar surface area (TPSA) is 67.4 Å². The molecular formula is C12H12ClF3N2O3. The minimum absolute atomic E-state index is 0.378. The summed E-state index contributed by atoms with van der Waals surface area (Å²) in [5.74, 6) is -1.34. The van der Waals surface area contributed by atoms with Gasteiger partial charge in [0.15, 0.2) is 0 Å². The molecular weight excluding hydrogens is 313 g/mol. The highest BCUT2D eigenvalue weighted by molar-refractivity contribution is 6.30. The van der Waals surface area contributed by atoms with E-state index in [9.17, 15) is 22.8 Å². The van der Waals surface area contributed by atoms with Crippen molar-refractivity contribution in [2.45, 2.75) is 6.18 Å². The SMILES string of the molecule is O=C(COCC(F)(F)F)NCC(=O)Nc1ccc(Cl)cc1. The molecule has 0 spiro atoms. The number of anilines is 1. The van der Waals surface area contributed by atoms with Crippen LogP contribution in [-0.2, 0) is 14.3 Å². The standard InChI is InChI=1S/C12H12ClF3N2O3/c13-8-1-3-9(4-2-8)18-10(19)5-17-11(20)6-21-7-12(14,15)16/h1-4H,5-7H2,(H,17,20)(H,18,19). The van der Waals surface area contributed by atoms with Crippen LogP contribution in [0.2, 0.25) is 5.02 Å². The molecule has 2 N–H and O–H groups in total. The normalized spacial score (nSPS) is 11.0. The number of hydrogen-bond acceptors (Lipinski definition) is 3. The van der Waals surface area contributed by atoms with Crippen molar-refractivity contribution in [2.24, 2.45) is 0 Å². The lowest BCUT2D eigenvalue weighted by Crippen LogP contribution is -2.35. The summed E-state index contributed by atoms with van der Waals surface area (Å²) in [5, 5.41) is 5.11. The van der Waals surface area contributed by atoms with Crippen LogP contribution in [0.3, 0.4) is 0 Å². The number of nitrogens with one attached hydrogen (secondary N) is 2. The highest BCUT2D eigenvalue weighted by Gasteiger charge is 2.27. The fraction of sp³-hybridized carbons (Fsp3) is 0.333. The second-order valence-electron chi connectivity index (χ2n) is 3.94. The Balaban J connectivity index is 2.23. The van der Waals surface area contributed by atoms with E-state index < -0.39 is 31.2 Å². The van der Waals surface area contributed by atoms with Crippen molar-refractivity contribution < 1.29 is 27.5 Å². The number of rotatable bonds is 6. The number of ether oxygens (including phenoxy) is 1. The lowest BCUT2D eigenvalue weighted by Gasteiger charge is -2.09. The Hall–Kier alpha value is -1.80. The molecule has 1 rings (SSSR count). The smallest absolute Gasteiger partial charge is 0.362 e. The number of benzene rings is 1. The highest BCUT2D eigenvalue weighted by atomic mass is 35.5. The molecule has 5 nitrogen and oxygen atoms in total. The fourth-order valence-corrected chi connectivity index (χ4v) is 1.35. The van der Waals surface area contributed by atoms with Gasteiger partial charge in [0, 0.05) is 10.7 Å². The van der Waals surface area contributed by atoms with E-state index in [1.807, 2.05) is 0 Å². The molecule has 116 valence electrons. The summed E-state index contributed by atoms with van der Waals surface area (Å²) in [6.07, 6.45) is -4.49. The van der Waals surface area contributed by atoms with Gasteiger partial charge in [0.1, 0.15) is 13.2 Å². The Morgan fingerprint density at radius 3 is 2.33 bits per heavy atom. The second kappa shape index (κ2) is 7.84. The maximum Gasteiger partial charge on any atom is 0.411 e. The first-order valence-electron chi connectivity index (χ1n) is 5.73. The van der Waals surface area contributed by atoms with E-state index in [1.54, 1.807) is 24.3 Å². The third-order valence-electron chi connectivity index (χ3n) is 2.07. The van der Waals surface area contributed by atoms with Crippen LogP contribution in [0, 0.1) is 0 Å². The molecule has 2 amide bonds. The molecule has 21 heavy (non-hydrogen) atoms. The van der Waals surface area contributed by atoms with Crippen LogP contribution in [0.25, 0.3) is 0 Å². The Kier molecular flexibility index (Phi) is 6.44. The number of hydrogen-bond donors (Lipinski definition) is 2. The molecule has 9 heteroatoms. The average molecular weight is 325 g/mol. The lowest BCUT2D eigenvalue weighted by atomic mass is 10.3. The van der Waals surface area contributed by atoms with E-state index in [0.717, 1.165) is 0 Å². The summed E-state index contributed by atoms with van der Waals surface area (Å²) in [5.41, 5.74) is 0.479. The van der Waals surface area contributed by atoms with E-state index in [2.05, 4.69) is 15.4 Å². The van der Waals surface area contributed by atoms with Gasteiger partial charge in [-0.15, -0.1) is 0 Å². The molecule has 0 radical (unpaired) electrons. The number of carbonyl (C=O) groups is 2. The molecule has 0 aromatic heterocycles. The zero-order valence-corrected chi connectivity index (χ0v) is 11.4. The highest BCUT2D eigenvalue weighted by Crippen LogP contribution is 2.14. The summed E-state index contributed by atoms with van der Waals surface area (Å²) in [6, 6.07) is 6.27. The van der Waals surface area contributed by atoms with E-state index in [1.165, 1.54) is 0 Å². The van der Waals surface area contributed by atoms with Gasteiger partial charge in [0.2, 0.25) is 11.8 Å². The first-order chi connectivity index (χ1) is 9.76. The maximum absolute atomic E-state index is 11.8. The van der Waals surface area contributed by atoms with E-state index in [4.69, 9.17) is 11.6 Å². The Bertz CT molecular complexity index is 492. The first-order valence-corrected chi connectivity index (χ1v) is 6.11. The average Bonchev–Trinajstić information content (AvgIpc) is 2.38. The van der Waals surface area contributed by atoms with Crippen molar-refractivity contribution in [1.29, 1.82) is 0 Å². The minimum atomic E-state index is -4.49. The van der Waals surface area contributed by atoms with Crippen molar-refractivity contribution in [3.63, 3.8) is 0 Å². The molecule has 0 heterocycles. The predicted octanol–water partition coefficient (Wildman–Crippen LogP) is 1.97. The molecule has 0 aliphatic rings. The maximum atomic E-state index is 11.8. The van der Waals surface area contributed by atoms with E-state index in [0.29, 0.717) is 10.7 Å². The molecule has 1 aromatic carbocycles. The Morgan fingerprint density at radius 1 is 1.14 bits per heavy atom. The number of amides is 2. The van der Waals surface area contributed by atoms with Crippen LogP contribution in [0.4, 0.5) is 18.9 Å². The number of alkyl halides is 3. The summed E-state index contributed by atoms with van der Waals surface area (Å²) in [7, 11) is 0. The van der Waals surface area contributed by atoms with Crippen LogP contribution in [0.5, 0.6) is 0 Å². The monoisotopic (exact) mass is 324 g/mol. The van der Waals surface area contributed by atoms with Crippen LogP contribution < -0.4 is 10.6 Å². The number of halogens is 4. The van der Waals surface area contributed by atoms with Gasteiger partial charge < -0.3 is 15.4 Å². The zero-order chi connectivity index (χ0) is 15.9. The lowest BCUT2D eigenvalue weighted by molar-refractivity contribution is -0.175. The minimum Gasteiger partial charge on any atom is -0.362 e. The third-order valence-corrected chi connectivity index (χ3v) is 2.32. The number of carbonyl (C=O) groups excluding carboxylic acids is 2. The molecule has 0 aliphatic heterocycles. The molecule has 0 atom stereocenters. The molecule has 0 unspecified atom stereocenters. The van der Waals surface area contributed by atoms with Crippen molar-refractivity contribution in [1.82, 2.24) is 5.32 Å². The van der Waals surface area contributed by atoms with Gasteiger partial charge in [0.25, 0.3) is 0 Å². The summed E-state index contributed by atoms with van der Waals surface area (Å²) >= 11 is 5.67. The van der Waals surface area contributed by atoms with Crippen molar-refractivity contribution in [3.8, 4) is 0 Å². The van der Waals surface area contributed by atoms with E-state index in [-0.39, 0.29) is 6.54 Å². The molecule has 1 aromatic rings. The quantitative estimate of drug-likeness (QED) is 0.840. The van der Waals surface area contributed by atoms with Gasteiger partial charge in [-0.25, -0.2) is 0 Å². The first kappa shape index (κ1) is 17.3. The van der Waals surface area contributed by atoms with Gasteiger partial charge in [-0.05, 0) is 24.3 Å². The third kappa shape index (κ3) is 8.16. The Morgan fingerprint density at radius 2 is 1.76 bits per heavy atom. The molecule has 0 saturated carbocycles. The zero-order valence-electron chi connectivity index (χ0n) is 10.7. The van der Waals surface area contributed by atoms with Gasteiger partial charge in [0.05, 0.1) is 6.54 Å². The van der Waals surface area contributed by atoms with Gasteiger partial charge >= 0.3 is 6.18 Å². The molecule has 0 bridgehead atoms. The van der Waals surface area contributed by atoms with Crippen LogP contribution in [0.15, 0.2) is 24.3 Å². The predicted molar refractivity (Wildman–Crippen MR) is 70.0 cm³/mol. The van der Waals surface area contributed by atoms with Gasteiger partial charge in [-0.1, -0.05) is 11.6 Å². The summed E-state index contributed by atoms with van der Waals surface area (Å²) in [4.78, 5) is 22.6. The molecule has 0 saturated heterocycles.